The van der Waals surface area contributed by atoms with Crippen molar-refractivity contribution >= 4 is 34.2 Å². The smallest absolute Gasteiger partial charge is 0.340 e. The summed E-state index contributed by atoms with van der Waals surface area (Å²) in [6.45, 7) is 1.24. The molecule has 29 heavy (non-hydrogen) atoms. The van der Waals surface area contributed by atoms with Gasteiger partial charge in [0.1, 0.15) is 5.00 Å². The molecule has 6 nitrogen and oxygen atoms in total. The summed E-state index contributed by atoms with van der Waals surface area (Å²) in [5, 5.41) is 3.05. The first-order chi connectivity index (χ1) is 14.0. The molecule has 0 aliphatic carbocycles. The first-order valence-electron chi connectivity index (χ1n) is 8.80. The van der Waals surface area contributed by atoms with E-state index in [1.807, 2.05) is 30.3 Å². The Labute approximate surface area is 172 Å². The van der Waals surface area contributed by atoms with Gasteiger partial charge in [0, 0.05) is 17.4 Å². The highest BCUT2D eigenvalue weighted by Gasteiger charge is 2.27. The SMILES string of the molecule is COC(=O)c1cc(-c2ccccc2)sc1NC(=O)[C@H](OC(C)=O)c1ccccc1. The molecule has 0 unspecified atom stereocenters. The standard InChI is InChI=1S/C22H19NO5S/c1-14(24)28-19(16-11-7-4-8-12-16)20(25)23-21-17(22(26)27-2)13-18(29-21)15-9-5-3-6-10-15/h3-13,19H,1-2H3,(H,23,25)/t19-/m1/s1. The summed E-state index contributed by atoms with van der Waals surface area (Å²) in [7, 11) is 1.28. The zero-order valence-corrected chi connectivity index (χ0v) is 16.7. The molecule has 3 rings (SSSR count). The van der Waals surface area contributed by atoms with Gasteiger partial charge in [-0.15, -0.1) is 11.3 Å². The molecule has 0 aliphatic rings. The topological polar surface area (TPSA) is 81.7 Å². The Bertz CT molecular complexity index is 1010. The number of benzene rings is 2. The van der Waals surface area contributed by atoms with Crippen molar-refractivity contribution in [2.24, 2.45) is 0 Å². The zero-order valence-electron chi connectivity index (χ0n) is 15.9. The third kappa shape index (κ3) is 4.89. The van der Waals surface area contributed by atoms with Crippen LogP contribution < -0.4 is 5.32 Å². The largest absolute Gasteiger partial charge is 0.465 e. The van der Waals surface area contributed by atoms with Crippen LogP contribution in [0.2, 0.25) is 0 Å². The Hall–Kier alpha value is -3.45. The fraction of sp³-hybridized carbons (Fsp3) is 0.136. The van der Waals surface area contributed by atoms with Crippen molar-refractivity contribution in [3.8, 4) is 10.4 Å². The second-order valence-electron chi connectivity index (χ2n) is 6.10. The van der Waals surface area contributed by atoms with Gasteiger partial charge >= 0.3 is 11.9 Å². The lowest BCUT2D eigenvalue weighted by Gasteiger charge is -2.17. The van der Waals surface area contributed by atoms with Gasteiger partial charge < -0.3 is 14.8 Å². The third-order valence-corrected chi connectivity index (χ3v) is 5.16. The predicted molar refractivity (Wildman–Crippen MR) is 111 cm³/mol. The molecule has 0 saturated heterocycles. The first kappa shape index (κ1) is 20.3. The van der Waals surface area contributed by atoms with Gasteiger partial charge in [0.2, 0.25) is 6.10 Å². The minimum atomic E-state index is -1.14. The molecule has 1 atom stereocenters. The van der Waals surface area contributed by atoms with Crippen molar-refractivity contribution in [2.45, 2.75) is 13.0 Å². The molecule has 0 saturated carbocycles. The van der Waals surface area contributed by atoms with Crippen LogP contribution in [-0.2, 0) is 19.1 Å². The van der Waals surface area contributed by atoms with E-state index in [1.54, 1.807) is 36.4 Å². The average Bonchev–Trinajstić information content (AvgIpc) is 3.16. The summed E-state index contributed by atoms with van der Waals surface area (Å²) in [4.78, 5) is 37.5. The number of methoxy groups -OCH3 is 1. The van der Waals surface area contributed by atoms with E-state index in [-0.39, 0.29) is 5.56 Å². The highest BCUT2D eigenvalue weighted by molar-refractivity contribution is 7.20. The molecule has 1 N–H and O–H groups in total. The van der Waals surface area contributed by atoms with Crippen LogP contribution in [0, 0.1) is 0 Å². The highest BCUT2D eigenvalue weighted by atomic mass is 32.1. The number of carbonyl (C=O) groups is 3. The molecular weight excluding hydrogens is 390 g/mol. The minimum absolute atomic E-state index is 0.235. The lowest BCUT2D eigenvalue weighted by atomic mass is 10.1. The van der Waals surface area contributed by atoms with Crippen molar-refractivity contribution in [3.05, 3.63) is 77.9 Å². The van der Waals surface area contributed by atoms with Gasteiger partial charge in [-0.25, -0.2) is 4.79 Å². The summed E-state index contributed by atoms with van der Waals surface area (Å²) in [6.07, 6.45) is -1.14. The average molecular weight is 409 g/mol. The highest BCUT2D eigenvalue weighted by Crippen LogP contribution is 2.36. The second-order valence-corrected chi connectivity index (χ2v) is 7.15. The van der Waals surface area contributed by atoms with Gasteiger partial charge in [-0.05, 0) is 11.6 Å². The van der Waals surface area contributed by atoms with Crippen molar-refractivity contribution in [3.63, 3.8) is 0 Å². The number of hydrogen-bond donors (Lipinski definition) is 1. The molecule has 3 aromatic rings. The Morgan fingerprint density at radius 1 is 0.966 bits per heavy atom. The number of rotatable bonds is 6. The number of thiophene rings is 1. The maximum absolute atomic E-state index is 12.9. The number of ether oxygens (including phenoxy) is 2. The number of amides is 1. The van der Waals surface area contributed by atoms with E-state index >= 15 is 0 Å². The van der Waals surface area contributed by atoms with Crippen LogP contribution in [-0.4, -0.2) is 25.0 Å². The molecule has 0 fully saturated rings. The Balaban J connectivity index is 1.94. The lowest BCUT2D eigenvalue weighted by molar-refractivity contribution is -0.152. The van der Waals surface area contributed by atoms with E-state index in [1.165, 1.54) is 25.4 Å². The Morgan fingerprint density at radius 2 is 1.59 bits per heavy atom. The molecule has 0 radical (unpaired) electrons. The van der Waals surface area contributed by atoms with Gasteiger partial charge in [0.25, 0.3) is 5.91 Å². The normalized spacial score (nSPS) is 11.4. The Morgan fingerprint density at radius 3 is 2.17 bits per heavy atom. The van der Waals surface area contributed by atoms with Crippen LogP contribution in [0.15, 0.2) is 66.7 Å². The van der Waals surface area contributed by atoms with Gasteiger partial charge in [-0.1, -0.05) is 60.7 Å². The molecular formula is C22H19NO5S. The van der Waals surface area contributed by atoms with Gasteiger partial charge in [-0.2, -0.15) is 0 Å². The lowest BCUT2D eigenvalue weighted by Crippen LogP contribution is -2.25. The summed E-state index contributed by atoms with van der Waals surface area (Å²) in [5.74, 6) is -1.71. The van der Waals surface area contributed by atoms with E-state index in [4.69, 9.17) is 9.47 Å². The number of carbonyl (C=O) groups excluding carboxylic acids is 3. The molecule has 0 bridgehead atoms. The molecule has 1 amide bonds. The summed E-state index contributed by atoms with van der Waals surface area (Å²) in [6, 6.07) is 19.8. The Kier molecular flexibility index (Phi) is 6.41. The number of nitrogens with one attached hydrogen (secondary N) is 1. The van der Waals surface area contributed by atoms with Crippen LogP contribution in [0.1, 0.15) is 28.9 Å². The van der Waals surface area contributed by atoms with E-state index in [0.717, 1.165) is 10.4 Å². The minimum Gasteiger partial charge on any atom is -0.465 e. The van der Waals surface area contributed by atoms with Gasteiger partial charge in [0.05, 0.1) is 12.7 Å². The molecule has 0 aliphatic heterocycles. The van der Waals surface area contributed by atoms with Gasteiger partial charge in [-0.3, -0.25) is 9.59 Å². The van der Waals surface area contributed by atoms with Gasteiger partial charge in [0.15, 0.2) is 0 Å². The van der Waals surface area contributed by atoms with E-state index in [2.05, 4.69) is 5.32 Å². The number of anilines is 1. The van der Waals surface area contributed by atoms with Crippen molar-refractivity contribution in [1.82, 2.24) is 0 Å². The van der Waals surface area contributed by atoms with Crippen LogP contribution in [0.4, 0.5) is 5.00 Å². The molecule has 2 aromatic carbocycles. The van der Waals surface area contributed by atoms with Crippen LogP contribution in [0.3, 0.4) is 0 Å². The summed E-state index contributed by atoms with van der Waals surface area (Å²) < 4.78 is 10.1. The fourth-order valence-corrected chi connectivity index (χ4v) is 3.79. The van der Waals surface area contributed by atoms with E-state index in [9.17, 15) is 14.4 Å². The second kappa shape index (κ2) is 9.16. The molecule has 0 spiro atoms. The van der Waals surface area contributed by atoms with Crippen LogP contribution in [0.25, 0.3) is 10.4 Å². The fourth-order valence-electron chi connectivity index (χ4n) is 2.73. The zero-order chi connectivity index (χ0) is 20.8. The molecule has 148 valence electrons. The van der Waals surface area contributed by atoms with E-state index in [0.29, 0.717) is 10.6 Å². The van der Waals surface area contributed by atoms with Crippen molar-refractivity contribution in [2.75, 3.05) is 12.4 Å². The monoisotopic (exact) mass is 409 g/mol. The number of esters is 2. The molecule has 1 heterocycles. The van der Waals surface area contributed by atoms with E-state index < -0.39 is 23.9 Å². The van der Waals surface area contributed by atoms with Crippen molar-refractivity contribution in [1.29, 1.82) is 0 Å². The van der Waals surface area contributed by atoms with Crippen LogP contribution in [0.5, 0.6) is 0 Å². The third-order valence-electron chi connectivity index (χ3n) is 4.06. The molecule has 7 heteroatoms. The van der Waals surface area contributed by atoms with Crippen LogP contribution >= 0.6 is 11.3 Å². The maximum Gasteiger partial charge on any atom is 0.340 e. The summed E-state index contributed by atoms with van der Waals surface area (Å²) in [5.41, 5.74) is 1.67. The quantitative estimate of drug-likeness (QED) is 0.609. The maximum atomic E-state index is 12.9. The predicted octanol–water partition coefficient (Wildman–Crippen LogP) is 4.44. The van der Waals surface area contributed by atoms with Crippen molar-refractivity contribution < 1.29 is 23.9 Å². The first-order valence-corrected chi connectivity index (χ1v) is 9.62. The number of hydrogen-bond acceptors (Lipinski definition) is 6. The molecule has 1 aromatic heterocycles. The summed E-state index contributed by atoms with van der Waals surface area (Å²) >= 11 is 1.24.